The van der Waals surface area contributed by atoms with Crippen molar-refractivity contribution in [3.63, 3.8) is 0 Å². The second-order valence-corrected chi connectivity index (χ2v) is 7.74. The number of allylic oxidation sites excluding steroid dienone is 1. The highest BCUT2D eigenvalue weighted by Crippen LogP contribution is 2.27. The van der Waals surface area contributed by atoms with Crippen LogP contribution < -0.4 is 5.32 Å². The average Bonchev–Trinajstić information content (AvgIpc) is 3.10. The topological polar surface area (TPSA) is 57.8 Å². The summed E-state index contributed by atoms with van der Waals surface area (Å²) in [5.41, 5.74) is 4.03. The summed E-state index contributed by atoms with van der Waals surface area (Å²) in [5, 5.41) is 13.6. The lowest BCUT2D eigenvalue weighted by atomic mass is 10.0. The Morgan fingerprint density at radius 2 is 1.70 bits per heavy atom. The monoisotopic (exact) mass is 455 g/mol. The van der Waals surface area contributed by atoms with Gasteiger partial charge in [-0.3, -0.25) is 4.79 Å². The molecule has 1 heterocycles. The summed E-state index contributed by atoms with van der Waals surface area (Å²) in [6.45, 7) is 0.184. The Balaban J connectivity index is 1.67. The Bertz CT molecular complexity index is 1270. The molecule has 146 valence electrons. The lowest BCUT2D eigenvalue weighted by Gasteiger charge is -2.07. The highest BCUT2D eigenvalue weighted by molar-refractivity contribution is 9.10. The molecule has 0 unspecified atom stereocenters. The third kappa shape index (κ3) is 4.35. The van der Waals surface area contributed by atoms with Gasteiger partial charge in [-0.1, -0.05) is 64.5 Å². The minimum atomic E-state index is -0.106. The molecule has 1 N–H and O–H groups in total. The molecule has 5 heteroatoms. The molecule has 0 radical (unpaired) electrons. The molecule has 0 aliphatic rings. The van der Waals surface area contributed by atoms with Crippen molar-refractivity contribution in [1.82, 2.24) is 4.57 Å². The molecule has 30 heavy (non-hydrogen) atoms. The van der Waals surface area contributed by atoms with Crippen LogP contribution in [0.5, 0.6) is 0 Å². The van der Waals surface area contributed by atoms with Gasteiger partial charge < -0.3 is 9.88 Å². The predicted molar refractivity (Wildman–Crippen MR) is 125 cm³/mol. The average molecular weight is 456 g/mol. The highest BCUT2D eigenvalue weighted by atomic mass is 79.9. The van der Waals surface area contributed by atoms with Crippen molar-refractivity contribution in [2.45, 2.75) is 6.54 Å². The maximum Gasteiger partial charge on any atom is 0.244 e. The van der Waals surface area contributed by atoms with E-state index in [1.54, 1.807) is 0 Å². The highest BCUT2D eigenvalue weighted by Gasteiger charge is 2.11. The van der Waals surface area contributed by atoms with E-state index in [1.165, 1.54) is 0 Å². The number of anilines is 1. The van der Waals surface area contributed by atoms with E-state index in [9.17, 15) is 10.1 Å². The number of aromatic nitrogens is 1. The molecule has 3 aromatic carbocycles. The SMILES string of the molecule is N#CC(=Cc1cn(CC(=O)Nc2ccccc2)c2ccccc12)c1ccc(Br)cc1. The smallest absolute Gasteiger partial charge is 0.244 e. The lowest BCUT2D eigenvalue weighted by molar-refractivity contribution is -0.116. The number of rotatable bonds is 5. The minimum Gasteiger partial charge on any atom is -0.337 e. The van der Waals surface area contributed by atoms with Crippen LogP contribution in [0.15, 0.2) is 89.5 Å². The van der Waals surface area contributed by atoms with Gasteiger partial charge in [-0.25, -0.2) is 0 Å². The van der Waals surface area contributed by atoms with Crippen LogP contribution in [0.2, 0.25) is 0 Å². The molecular formula is C25H18BrN3O. The quantitative estimate of drug-likeness (QED) is 0.369. The maximum atomic E-state index is 12.6. The van der Waals surface area contributed by atoms with Gasteiger partial charge in [-0.15, -0.1) is 0 Å². The van der Waals surface area contributed by atoms with Gasteiger partial charge in [-0.05, 0) is 42.0 Å². The predicted octanol–water partition coefficient (Wildman–Crippen LogP) is 6.11. The van der Waals surface area contributed by atoms with Gasteiger partial charge in [0.1, 0.15) is 6.54 Å². The molecular weight excluding hydrogens is 438 g/mol. The third-order valence-corrected chi connectivity index (χ3v) is 5.30. The number of hydrogen-bond donors (Lipinski definition) is 1. The molecule has 0 spiro atoms. The second-order valence-electron chi connectivity index (χ2n) is 6.82. The van der Waals surface area contributed by atoms with Crippen LogP contribution >= 0.6 is 15.9 Å². The molecule has 0 aliphatic carbocycles. The minimum absolute atomic E-state index is 0.106. The summed E-state index contributed by atoms with van der Waals surface area (Å²) in [6, 6.07) is 27.2. The standard InChI is InChI=1S/C25H18BrN3O/c26-21-12-10-18(11-13-21)19(15-27)14-20-16-29(24-9-5-4-8-23(20)24)17-25(30)28-22-6-2-1-3-7-22/h1-14,16H,17H2,(H,28,30). The zero-order valence-electron chi connectivity index (χ0n) is 16.0. The molecule has 4 nitrogen and oxygen atoms in total. The van der Waals surface area contributed by atoms with E-state index in [1.807, 2.05) is 95.7 Å². The third-order valence-electron chi connectivity index (χ3n) is 4.77. The van der Waals surface area contributed by atoms with Gasteiger partial charge in [0, 0.05) is 32.8 Å². The first-order valence-corrected chi connectivity index (χ1v) is 10.2. The van der Waals surface area contributed by atoms with Crippen molar-refractivity contribution >= 4 is 50.1 Å². The fraction of sp³-hybridized carbons (Fsp3) is 0.0400. The lowest BCUT2D eigenvalue weighted by Crippen LogP contribution is -2.18. The number of hydrogen-bond acceptors (Lipinski definition) is 2. The number of nitriles is 1. The number of benzene rings is 3. The number of fused-ring (bicyclic) bond motifs is 1. The van der Waals surface area contributed by atoms with E-state index in [0.29, 0.717) is 5.57 Å². The van der Waals surface area contributed by atoms with E-state index >= 15 is 0 Å². The normalized spacial score (nSPS) is 11.3. The summed E-state index contributed by atoms with van der Waals surface area (Å²) in [4.78, 5) is 12.6. The van der Waals surface area contributed by atoms with Gasteiger partial charge in [0.05, 0.1) is 11.6 Å². The number of nitrogens with one attached hydrogen (secondary N) is 1. The number of carbonyl (C=O) groups excluding carboxylic acids is 1. The second kappa shape index (κ2) is 8.81. The van der Waals surface area contributed by atoms with E-state index in [4.69, 9.17) is 0 Å². The fourth-order valence-corrected chi connectivity index (χ4v) is 3.63. The number of amides is 1. The largest absolute Gasteiger partial charge is 0.337 e. The Morgan fingerprint density at radius 1 is 1.00 bits per heavy atom. The van der Waals surface area contributed by atoms with Crippen LogP contribution in [0, 0.1) is 11.3 Å². The summed E-state index contributed by atoms with van der Waals surface area (Å²) >= 11 is 3.42. The van der Waals surface area contributed by atoms with Gasteiger partial charge in [0.15, 0.2) is 0 Å². The van der Waals surface area contributed by atoms with E-state index in [0.717, 1.165) is 32.2 Å². The van der Waals surface area contributed by atoms with Crippen molar-refractivity contribution in [3.05, 3.63) is 101 Å². The first kappa shape index (κ1) is 19.7. The van der Waals surface area contributed by atoms with Crippen LogP contribution in [0.25, 0.3) is 22.6 Å². The van der Waals surface area contributed by atoms with Crippen molar-refractivity contribution in [2.24, 2.45) is 0 Å². The number of nitrogens with zero attached hydrogens (tertiary/aromatic N) is 2. The van der Waals surface area contributed by atoms with Gasteiger partial charge in [-0.2, -0.15) is 5.26 Å². The van der Waals surface area contributed by atoms with Gasteiger partial charge in [0.25, 0.3) is 0 Å². The maximum absolute atomic E-state index is 12.6. The molecule has 0 saturated heterocycles. The van der Waals surface area contributed by atoms with Crippen LogP contribution in [0.4, 0.5) is 5.69 Å². The first-order chi connectivity index (χ1) is 14.6. The molecule has 1 amide bonds. The summed E-state index contributed by atoms with van der Waals surface area (Å²) < 4.78 is 2.88. The molecule has 0 bridgehead atoms. The molecule has 4 aromatic rings. The molecule has 4 rings (SSSR count). The van der Waals surface area contributed by atoms with Crippen LogP contribution in [-0.2, 0) is 11.3 Å². The number of carbonyl (C=O) groups is 1. The molecule has 0 aliphatic heterocycles. The van der Waals surface area contributed by atoms with E-state index < -0.39 is 0 Å². The summed E-state index contributed by atoms with van der Waals surface area (Å²) in [7, 11) is 0. The van der Waals surface area contributed by atoms with E-state index in [2.05, 4.69) is 27.3 Å². The van der Waals surface area contributed by atoms with Crippen molar-refractivity contribution in [1.29, 1.82) is 5.26 Å². The van der Waals surface area contributed by atoms with E-state index in [-0.39, 0.29) is 12.5 Å². The molecule has 0 saturated carbocycles. The Kier molecular flexibility index (Phi) is 5.78. The Morgan fingerprint density at radius 3 is 2.43 bits per heavy atom. The summed E-state index contributed by atoms with van der Waals surface area (Å²) in [5.74, 6) is -0.106. The van der Waals surface area contributed by atoms with Gasteiger partial charge >= 0.3 is 0 Å². The van der Waals surface area contributed by atoms with Gasteiger partial charge in [0.2, 0.25) is 5.91 Å². The zero-order valence-corrected chi connectivity index (χ0v) is 17.6. The molecule has 0 atom stereocenters. The fourth-order valence-electron chi connectivity index (χ4n) is 3.36. The van der Waals surface area contributed by atoms with Crippen molar-refractivity contribution < 1.29 is 4.79 Å². The van der Waals surface area contributed by atoms with Crippen LogP contribution in [-0.4, -0.2) is 10.5 Å². The van der Waals surface area contributed by atoms with Crippen molar-refractivity contribution in [3.8, 4) is 6.07 Å². The number of halogens is 1. The molecule has 0 fully saturated rings. The Labute approximate surface area is 183 Å². The first-order valence-electron chi connectivity index (χ1n) is 9.44. The van der Waals surface area contributed by atoms with Crippen LogP contribution in [0.3, 0.4) is 0 Å². The molecule has 1 aromatic heterocycles. The van der Waals surface area contributed by atoms with Crippen LogP contribution in [0.1, 0.15) is 11.1 Å². The number of para-hydroxylation sites is 2. The summed E-state index contributed by atoms with van der Waals surface area (Å²) in [6.07, 6.45) is 3.79. The van der Waals surface area contributed by atoms with Crippen molar-refractivity contribution in [2.75, 3.05) is 5.32 Å². The zero-order chi connectivity index (χ0) is 20.9. The Hall–Kier alpha value is -3.62.